The Labute approximate surface area is 180 Å². The number of thiazole rings is 1. The lowest BCUT2D eigenvalue weighted by atomic mass is 10.1. The Balaban J connectivity index is 1.49. The van der Waals surface area contributed by atoms with Gasteiger partial charge in [-0.15, -0.1) is 11.3 Å². The van der Waals surface area contributed by atoms with E-state index < -0.39 is 10.0 Å². The molecule has 1 aromatic heterocycles. The molecule has 1 amide bonds. The van der Waals surface area contributed by atoms with E-state index in [1.54, 1.807) is 36.6 Å². The van der Waals surface area contributed by atoms with E-state index in [0.29, 0.717) is 36.9 Å². The van der Waals surface area contributed by atoms with Crippen molar-refractivity contribution in [3.8, 4) is 0 Å². The molecule has 0 unspecified atom stereocenters. The summed E-state index contributed by atoms with van der Waals surface area (Å²) >= 11 is 1.25. The second-order valence-electron chi connectivity index (χ2n) is 6.93. The molecule has 1 saturated heterocycles. The molecule has 2 heterocycles. The number of benzene rings is 1. The van der Waals surface area contributed by atoms with E-state index in [2.05, 4.69) is 10.3 Å². The molecule has 0 radical (unpaired) electrons. The second-order valence-corrected chi connectivity index (χ2v) is 9.73. The number of carbonyl (C=O) groups excluding carboxylic acids is 2. The first-order valence-electron chi connectivity index (χ1n) is 9.87. The van der Waals surface area contributed by atoms with Crippen LogP contribution in [0, 0.1) is 0 Å². The third-order valence-electron chi connectivity index (χ3n) is 4.70. The summed E-state index contributed by atoms with van der Waals surface area (Å²) in [5, 5.41) is 4.88. The molecule has 0 atom stereocenters. The SMILES string of the molecule is CCOC(=O)Cc1csc(NC(=O)CCc2ccc(S(=O)(=O)N3CCCC3)cc2)n1. The molecule has 0 saturated carbocycles. The molecule has 1 N–H and O–H groups in total. The average Bonchev–Trinajstić information content (AvgIpc) is 3.40. The van der Waals surface area contributed by atoms with Gasteiger partial charge in [-0.25, -0.2) is 13.4 Å². The first kappa shape index (κ1) is 22.4. The summed E-state index contributed by atoms with van der Waals surface area (Å²) in [5.74, 6) is -0.545. The Morgan fingerprint density at radius 1 is 1.20 bits per heavy atom. The summed E-state index contributed by atoms with van der Waals surface area (Å²) in [5.41, 5.74) is 1.44. The summed E-state index contributed by atoms with van der Waals surface area (Å²) in [7, 11) is -3.42. The molecule has 0 spiro atoms. The molecule has 162 valence electrons. The molecule has 1 aromatic carbocycles. The second kappa shape index (κ2) is 10.1. The van der Waals surface area contributed by atoms with Crippen molar-refractivity contribution in [1.29, 1.82) is 0 Å². The van der Waals surface area contributed by atoms with E-state index in [-0.39, 0.29) is 29.6 Å². The van der Waals surface area contributed by atoms with Crippen LogP contribution in [0.15, 0.2) is 34.5 Å². The number of hydrogen-bond donors (Lipinski definition) is 1. The van der Waals surface area contributed by atoms with Crippen molar-refractivity contribution in [3.63, 3.8) is 0 Å². The predicted molar refractivity (Wildman–Crippen MR) is 114 cm³/mol. The molecule has 2 aromatic rings. The number of anilines is 1. The largest absolute Gasteiger partial charge is 0.466 e. The zero-order valence-electron chi connectivity index (χ0n) is 16.8. The van der Waals surface area contributed by atoms with E-state index in [1.165, 1.54) is 15.6 Å². The minimum absolute atomic E-state index is 0.0763. The van der Waals surface area contributed by atoms with Gasteiger partial charge in [-0.3, -0.25) is 9.59 Å². The number of nitrogens with one attached hydrogen (secondary N) is 1. The first-order valence-corrected chi connectivity index (χ1v) is 12.2. The Morgan fingerprint density at radius 2 is 1.90 bits per heavy atom. The van der Waals surface area contributed by atoms with Gasteiger partial charge in [-0.05, 0) is 43.9 Å². The molecule has 30 heavy (non-hydrogen) atoms. The van der Waals surface area contributed by atoms with Crippen LogP contribution in [0.2, 0.25) is 0 Å². The van der Waals surface area contributed by atoms with Crippen molar-refractivity contribution in [1.82, 2.24) is 9.29 Å². The zero-order valence-corrected chi connectivity index (χ0v) is 18.4. The van der Waals surface area contributed by atoms with Crippen LogP contribution >= 0.6 is 11.3 Å². The van der Waals surface area contributed by atoms with E-state index in [9.17, 15) is 18.0 Å². The number of aryl methyl sites for hydroxylation is 1. The molecular weight excluding hydrogens is 426 g/mol. The van der Waals surface area contributed by atoms with Gasteiger partial charge in [-0.1, -0.05) is 12.1 Å². The van der Waals surface area contributed by atoms with Crippen molar-refractivity contribution in [2.75, 3.05) is 25.0 Å². The Morgan fingerprint density at radius 3 is 2.57 bits per heavy atom. The van der Waals surface area contributed by atoms with Crippen LogP contribution in [0.1, 0.15) is 37.4 Å². The van der Waals surface area contributed by atoms with E-state index in [0.717, 1.165) is 18.4 Å². The minimum atomic E-state index is -3.42. The molecular formula is C20H25N3O5S2. The predicted octanol–water partition coefficient (Wildman–Crippen LogP) is 2.60. The molecule has 1 fully saturated rings. The van der Waals surface area contributed by atoms with Gasteiger partial charge in [-0.2, -0.15) is 4.31 Å². The van der Waals surface area contributed by atoms with Crippen molar-refractivity contribution in [2.24, 2.45) is 0 Å². The highest BCUT2D eigenvalue weighted by molar-refractivity contribution is 7.89. The smallest absolute Gasteiger partial charge is 0.311 e. The standard InChI is InChI=1S/C20H25N3O5S2/c1-2-28-19(25)13-16-14-29-20(21-16)22-18(24)10-7-15-5-8-17(9-6-15)30(26,27)23-11-3-4-12-23/h5-6,8-9,14H,2-4,7,10-13H2,1H3,(H,21,22,24). The highest BCUT2D eigenvalue weighted by Crippen LogP contribution is 2.21. The fraction of sp³-hybridized carbons (Fsp3) is 0.450. The monoisotopic (exact) mass is 451 g/mol. The number of carbonyl (C=O) groups is 2. The van der Waals surface area contributed by atoms with Crippen LogP contribution in [-0.4, -0.2) is 49.3 Å². The number of amides is 1. The quantitative estimate of drug-likeness (QED) is 0.588. The first-order chi connectivity index (χ1) is 14.4. The molecule has 1 aliphatic heterocycles. The van der Waals surface area contributed by atoms with E-state index in [4.69, 9.17) is 4.74 Å². The van der Waals surface area contributed by atoms with Crippen molar-refractivity contribution < 1.29 is 22.7 Å². The number of aromatic nitrogens is 1. The van der Waals surface area contributed by atoms with E-state index >= 15 is 0 Å². The Bertz CT molecular complexity index is 980. The Hall–Kier alpha value is -2.30. The number of esters is 1. The van der Waals surface area contributed by atoms with Gasteiger partial charge >= 0.3 is 5.97 Å². The van der Waals surface area contributed by atoms with Crippen molar-refractivity contribution >= 4 is 38.4 Å². The third-order valence-corrected chi connectivity index (χ3v) is 7.42. The lowest BCUT2D eigenvalue weighted by Gasteiger charge is -2.15. The molecule has 3 rings (SSSR count). The van der Waals surface area contributed by atoms with Crippen LogP contribution in [0.5, 0.6) is 0 Å². The number of ether oxygens (including phenoxy) is 1. The van der Waals surface area contributed by atoms with Crippen LogP contribution < -0.4 is 5.32 Å². The molecule has 0 aliphatic carbocycles. The average molecular weight is 452 g/mol. The molecule has 8 nitrogen and oxygen atoms in total. The van der Waals surface area contributed by atoms with Crippen molar-refractivity contribution in [2.45, 2.75) is 43.9 Å². The number of sulfonamides is 1. The number of nitrogens with zero attached hydrogens (tertiary/aromatic N) is 2. The molecule has 10 heteroatoms. The zero-order chi connectivity index (χ0) is 21.6. The summed E-state index contributed by atoms with van der Waals surface area (Å²) in [6.45, 7) is 3.20. The van der Waals surface area contributed by atoms with E-state index in [1.807, 2.05) is 0 Å². The van der Waals surface area contributed by atoms with Gasteiger partial charge in [0, 0.05) is 24.9 Å². The number of hydrogen-bond acceptors (Lipinski definition) is 7. The lowest BCUT2D eigenvalue weighted by molar-refractivity contribution is -0.142. The van der Waals surface area contributed by atoms with Gasteiger partial charge in [0.25, 0.3) is 0 Å². The fourth-order valence-corrected chi connectivity index (χ4v) is 5.39. The van der Waals surface area contributed by atoms with Gasteiger partial charge in [0.2, 0.25) is 15.9 Å². The summed E-state index contributed by atoms with van der Waals surface area (Å²) in [6, 6.07) is 6.70. The Kier molecular flexibility index (Phi) is 7.57. The van der Waals surface area contributed by atoms with Gasteiger partial charge in [0.05, 0.1) is 23.6 Å². The molecule has 0 bridgehead atoms. The van der Waals surface area contributed by atoms with Crippen LogP contribution in [0.4, 0.5) is 5.13 Å². The van der Waals surface area contributed by atoms with Gasteiger partial charge < -0.3 is 10.1 Å². The third kappa shape index (κ3) is 5.87. The highest BCUT2D eigenvalue weighted by Gasteiger charge is 2.26. The van der Waals surface area contributed by atoms with Gasteiger partial charge in [0.1, 0.15) is 0 Å². The minimum Gasteiger partial charge on any atom is -0.466 e. The van der Waals surface area contributed by atoms with Crippen LogP contribution in [0.3, 0.4) is 0 Å². The maximum atomic E-state index is 12.5. The van der Waals surface area contributed by atoms with Crippen LogP contribution in [-0.2, 0) is 37.2 Å². The highest BCUT2D eigenvalue weighted by atomic mass is 32.2. The summed E-state index contributed by atoms with van der Waals surface area (Å²) < 4.78 is 31.5. The lowest BCUT2D eigenvalue weighted by Crippen LogP contribution is -2.27. The fourth-order valence-electron chi connectivity index (χ4n) is 3.15. The number of rotatable bonds is 9. The maximum absolute atomic E-state index is 12.5. The normalized spacial score (nSPS) is 14.6. The molecule has 1 aliphatic rings. The topological polar surface area (TPSA) is 106 Å². The van der Waals surface area contributed by atoms with Gasteiger partial charge in [0.15, 0.2) is 5.13 Å². The summed E-state index contributed by atoms with van der Waals surface area (Å²) in [4.78, 5) is 28.2. The maximum Gasteiger partial charge on any atom is 0.311 e. The summed E-state index contributed by atoms with van der Waals surface area (Å²) in [6.07, 6.45) is 2.60. The van der Waals surface area contributed by atoms with Crippen molar-refractivity contribution in [3.05, 3.63) is 40.9 Å². The van der Waals surface area contributed by atoms with Crippen LogP contribution in [0.25, 0.3) is 0 Å².